The highest BCUT2D eigenvalue weighted by Gasteiger charge is 2.25. The van der Waals surface area contributed by atoms with Gasteiger partial charge in [0.25, 0.3) is 0 Å². The summed E-state index contributed by atoms with van der Waals surface area (Å²) in [5, 5.41) is 8.73. The first-order chi connectivity index (χ1) is 12.2. The number of ether oxygens (including phenoxy) is 1. The molecular formula is C21H36N2O2. The van der Waals surface area contributed by atoms with Crippen LogP contribution in [0.3, 0.4) is 0 Å². The van der Waals surface area contributed by atoms with Crippen molar-refractivity contribution in [1.82, 2.24) is 9.80 Å². The van der Waals surface area contributed by atoms with Gasteiger partial charge in [0.05, 0.1) is 13.2 Å². The molecule has 0 spiro atoms. The van der Waals surface area contributed by atoms with E-state index in [1.165, 1.54) is 37.9 Å². The molecule has 4 heteroatoms. The quantitative estimate of drug-likeness (QED) is 0.623. The first kappa shape index (κ1) is 20.4. The Morgan fingerprint density at radius 2 is 1.84 bits per heavy atom. The van der Waals surface area contributed by atoms with Crippen molar-refractivity contribution in [3.05, 3.63) is 35.9 Å². The fourth-order valence-corrected chi connectivity index (χ4v) is 3.78. The Morgan fingerprint density at radius 1 is 1.12 bits per heavy atom. The van der Waals surface area contributed by atoms with Crippen LogP contribution in [0.2, 0.25) is 0 Å². The Labute approximate surface area is 153 Å². The zero-order chi connectivity index (χ0) is 17.9. The predicted molar refractivity (Wildman–Crippen MR) is 104 cm³/mol. The molecule has 25 heavy (non-hydrogen) atoms. The third kappa shape index (κ3) is 7.45. The summed E-state index contributed by atoms with van der Waals surface area (Å²) in [7, 11) is 0. The van der Waals surface area contributed by atoms with Crippen molar-refractivity contribution < 1.29 is 9.84 Å². The van der Waals surface area contributed by atoms with Gasteiger partial charge in [-0.1, -0.05) is 30.3 Å². The molecule has 1 saturated heterocycles. The molecule has 0 amide bonds. The van der Waals surface area contributed by atoms with Gasteiger partial charge in [0.2, 0.25) is 0 Å². The monoisotopic (exact) mass is 348 g/mol. The predicted octanol–water partition coefficient (Wildman–Crippen LogP) is 3.15. The van der Waals surface area contributed by atoms with Crippen molar-refractivity contribution in [2.24, 2.45) is 0 Å². The minimum absolute atomic E-state index is 0.125. The Hall–Kier alpha value is -0.940. The lowest BCUT2D eigenvalue weighted by Crippen LogP contribution is -2.47. The average molecular weight is 349 g/mol. The summed E-state index contributed by atoms with van der Waals surface area (Å²) < 4.78 is 5.37. The Morgan fingerprint density at radius 3 is 2.48 bits per heavy atom. The van der Waals surface area contributed by atoms with E-state index in [0.717, 1.165) is 26.1 Å². The lowest BCUT2D eigenvalue weighted by atomic mass is 10.0. The van der Waals surface area contributed by atoms with Gasteiger partial charge in [-0.15, -0.1) is 0 Å². The van der Waals surface area contributed by atoms with Crippen molar-refractivity contribution >= 4 is 0 Å². The lowest BCUT2D eigenvalue weighted by molar-refractivity contribution is 0.0691. The molecule has 0 atom stereocenters. The maximum atomic E-state index is 8.73. The van der Waals surface area contributed by atoms with E-state index in [4.69, 9.17) is 9.84 Å². The van der Waals surface area contributed by atoms with Gasteiger partial charge in [0.1, 0.15) is 0 Å². The molecule has 4 nitrogen and oxygen atoms in total. The van der Waals surface area contributed by atoms with Gasteiger partial charge in [0, 0.05) is 25.2 Å². The molecule has 1 aliphatic rings. The van der Waals surface area contributed by atoms with Crippen LogP contribution in [0.5, 0.6) is 0 Å². The van der Waals surface area contributed by atoms with E-state index in [1.807, 2.05) is 0 Å². The van der Waals surface area contributed by atoms with Crippen LogP contribution < -0.4 is 0 Å². The van der Waals surface area contributed by atoms with Crippen LogP contribution >= 0.6 is 0 Å². The minimum atomic E-state index is 0.125. The second kappa shape index (κ2) is 11.6. The highest BCUT2D eigenvalue weighted by molar-refractivity contribution is 5.14. The number of rotatable bonds is 11. The number of hydrogen-bond donors (Lipinski definition) is 1. The molecule has 2 rings (SSSR count). The second-order valence-electron chi connectivity index (χ2n) is 7.37. The molecule has 1 heterocycles. The number of benzene rings is 1. The SMILES string of the molecule is CC(C)N(CCCCOCCO)C1CCN(Cc2ccccc2)CC1. The van der Waals surface area contributed by atoms with Crippen LogP contribution in [0, 0.1) is 0 Å². The normalized spacial score (nSPS) is 16.8. The Bertz CT molecular complexity index is 444. The molecule has 1 N–H and O–H groups in total. The van der Waals surface area contributed by atoms with E-state index in [-0.39, 0.29) is 6.61 Å². The molecule has 1 aliphatic heterocycles. The van der Waals surface area contributed by atoms with E-state index in [1.54, 1.807) is 0 Å². The average Bonchev–Trinajstić information content (AvgIpc) is 2.63. The standard InChI is InChI=1S/C21H36N2O2/c1-19(2)23(12-6-7-16-25-17-15-24)21-10-13-22(14-11-21)18-20-8-4-3-5-9-20/h3-5,8-9,19,21,24H,6-7,10-18H2,1-2H3. The van der Waals surface area contributed by atoms with Gasteiger partial charge in [-0.25, -0.2) is 0 Å². The summed E-state index contributed by atoms with van der Waals surface area (Å²) >= 11 is 0. The van der Waals surface area contributed by atoms with Crippen molar-refractivity contribution in [1.29, 1.82) is 0 Å². The van der Waals surface area contributed by atoms with Gasteiger partial charge in [0.15, 0.2) is 0 Å². The van der Waals surface area contributed by atoms with Crippen molar-refractivity contribution in [2.45, 2.75) is 58.2 Å². The third-order valence-corrected chi connectivity index (χ3v) is 5.13. The summed E-state index contributed by atoms with van der Waals surface area (Å²) in [5.41, 5.74) is 1.42. The Kier molecular flexibility index (Phi) is 9.48. The summed E-state index contributed by atoms with van der Waals surface area (Å²) in [6, 6.07) is 12.1. The van der Waals surface area contributed by atoms with Crippen LogP contribution in [-0.2, 0) is 11.3 Å². The van der Waals surface area contributed by atoms with Crippen LogP contribution in [0.1, 0.15) is 45.1 Å². The number of hydrogen-bond acceptors (Lipinski definition) is 4. The first-order valence-corrected chi connectivity index (χ1v) is 9.91. The summed E-state index contributed by atoms with van der Waals surface area (Å²) in [6.45, 7) is 10.6. The zero-order valence-electron chi connectivity index (χ0n) is 16.1. The number of nitrogens with zero attached hydrogens (tertiary/aromatic N) is 2. The van der Waals surface area contributed by atoms with E-state index in [9.17, 15) is 0 Å². The Balaban J connectivity index is 1.70. The number of aliphatic hydroxyl groups is 1. The first-order valence-electron chi connectivity index (χ1n) is 9.91. The van der Waals surface area contributed by atoms with Crippen molar-refractivity contribution in [3.63, 3.8) is 0 Å². The molecule has 0 saturated carbocycles. The third-order valence-electron chi connectivity index (χ3n) is 5.13. The van der Waals surface area contributed by atoms with Gasteiger partial charge in [-0.05, 0) is 64.7 Å². The zero-order valence-corrected chi connectivity index (χ0v) is 16.1. The molecule has 1 aromatic rings. The maximum absolute atomic E-state index is 8.73. The molecule has 0 unspecified atom stereocenters. The van der Waals surface area contributed by atoms with Gasteiger partial charge in [-0.2, -0.15) is 0 Å². The summed E-state index contributed by atoms with van der Waals surface area (Å²) in [6.07, 6.45) is 4.79. The minimum Gasteiger partial charge on any atom is -0.394 e. The van der Waals surface area contributed by atoms with E-state index in [2.05, 4.69) is 54.0 Å². The smallest absolute Gasteiger partial charge is 0.0697 e. The van der Waals surface area contributed by atoms with Gasteiger partial charge >= 0.3 is 0 Å². The summed E-state index contributed by atoms with van der Waals surface area (Å²) in [4.78, 5) is 5.28. The number of piperidine rings is 1. The van der Waals surface area contributed by atoms with Crippen LogP contribution in [0.25, 0.3) is 0 Å². The molecule has 1 fully saturated rings. The lowest BCUT2D eigenvalue weighted by Gasteiger charge is -2.40. The van der Waals surface area contributed by atoms with Gasteiger partial charge < -0.3 is 9.84 Å². The van der Waals surface area contributed by atoms with Gasteiger partial charge in [-0.3, -0.25) is 9.80 Å². The maximum Gasteiger partial charge on any atom is 0.0697 e. The highest BCUT2D eigenvalue weighted by atomic mass is 16.5. The number of aliphatic hydroxyl groups excluding tert-OH is 1. The molecule has 0 radical (unpaired) electrons. The molecule has 0 aromatic heterocycles. The van der Waals surface area contributed by atoms with Crippen molar-refractivity contribution in [2.75, 3.05) is 39.5 Å². The molecular weight excluding hydrogens is 312 g/mol. The molecule has 142 valence electrons. The molecule has 1 aromatic carbocycles. The van der Waals surface area contributed by atoms with Crippen molar-refractivity contribution in [3.8, 4) is 0 Å². The molecule has 0 bridgehead atoms. The topological polar surface area (TPSA) is 35.9 Å². The number of unbranched alkanes of at least 4 members (excludes halogenated alkanes) is 1. The second-order valence-corrected chi connectivity index (χ2v) is 7.37. The summed E-state index contributed by atoms with van der Waals surface area (Å²) in [5.74, 6) is 0. The van der Waals surface area contributed by atoms with E-state index in [0.29, 0.717) is 18.7 Å². The molecule has 0 aliphatic carbocycles. The van der Waals surface area contributed by atoms with Crippen LogP contribution in [-0.4, -0.2) is 66.4 Å². The van der Waals surface area contributed by atoms with Crippen LogP contribution in [0.15, 0.2) is 30.3 Å². The van der Waals surface area contributed by atoms with E-state index < -0.39 is 0 Å². The largest absolute Gasteiger partial charge is 0.394 e. The fraction of sp³-hybridized carbons (Fsp3) is 0.714. The van der Waals surface area contributed by atoms with Crippen LogP contribution in [0.4, 0.5) is 0 Å². The number of likely N-dealkylation sites (tertiary alicyclic amines) is 1. The highest BCUT2D eigenvalue weighted by Crippen LogP contribution is 2.21. The van der Waals surface area contributed by atoms with E-state index >= 15 is 0 Å². The fourth-order valence-electron chi connectivity index (χ4n) is 3.78.